The lowest BCUT2D eigenvalue weighted by atomic mass is 9.99. The topological polar surface area (TPSA) is 70.7 Å². The van der Waals surface area contributed by atoms with Crippen LogP contribution in [0.3, 0.4) is 0 Å². The molecule has 2 aromatic rings. The van der Waals surface area contributed by atoms with Crippen molar-refractivity contribution in [1.82, 2.24) is 4.90 Å². The Kier molecular flexibility index (Phi) is 7.25. The van der Waals surface area contributed by atoms with Crippen LogP contribution in [-0.4, -0.2) is 49.6 Å². The fourth-order valence-electron chi connectivity index (χ4n) is 3.27. The van der Waals surface area contributed by atoms with Gasteiger partial charge in [-0.2, -0.15) is 0 Å². The molecule has 3 rings (SSSR count). The van der Waals surface area contributed by atoms with Crippen LogP contribution in [0, 0.1) is 0 Å². The van der Waals surface area contributed by atoms with Crippen molar-refractivity contribution in [2.45, 2.75) is 26.2 Å². The molecular formula is C23H29N3O3. The second-order valence-corrected chi connectivity index (χ2v) is 7.28. The fraction of sp³-hybridized carbons (Fsp3) is 0.391. The molecule has 1 aliphatic rings. The van der Waals surface area contributed by atoms with Crippen molar-refractivity contribution in [2.75, 3.05) is 43.5 Å². The average Bonchev–Trinajstić information content (AvgIpc) is 2.78. The Morgan fingerprint density at radius 2 is 1.76 bits per heavy atom. The number of hydrogen-bond acceptors (Lipinski definition) is 4. The minimum Gasteiger partial charge on any atom is -0.378 e. The number of ether oxygens (including phenoxy) is 1. The van der Waals surface area contributed by atoms with E-state index in [1.165, 1.54) is 5.56 Å². The minimum absolute atomic E-state index is 0.0440. The predicted octanol–water partition coefficient (Wildman–Crippen LogP) is 3.72. The highest BCUT2D eigenvalue weighted by Crippen LogP contribution is 2.21. The van der Waals surface area contributed by atoms with Crippen molar-refractivity contribution in [1.29, 1.82) is 0 Å². The summed E-state index contributed by atoms with van der Waals surface area (Å²) in [6, 6.07) is 15.2. The Morgan fingerprint density at radius 3 is 2.45 bits per heavy atom. The van der Waals surface area contributed by atoms with Crippen LogP contribution in [0.1, 0.15) is 42.1 Å². The van der Waals surface area contributed by atoms with E-state index in [1.807, 2.05) is 42.5 Å². The van der Waals surface area contributed by atoms with Gasteiger partial charge in [0.05, 0.1) is 25.3 Å². The van der Waals surface area contributed by atoms with Gasteiger partial charge < -0.3 is 20.3 Å². The summed E-state index contributed by atoms with van der Waals surface area (Å²) >= 11 is 0. The molecule has 1 heterocycles. The van der Waals surface area contributed by atoms with E-state index in [1.54, 1.807) is 11.0 Å². The highest BCUT2D eigenvalue weighted by molar-refractivity contribution is 6.01. The van der Waals surface area contributed by atoms with Crippen LogP contribution < -0.4 is 10.6 Å². The molecule has 0 aliphatic carbocycles. The number of para-hydroxylation sites is 1. The van der Waals surface area contributed by atoms with Crippen LogP contribution in [0.15, 0.2) is 48.5 Å². The third-order valence-corrected chi connectivity index (χ3v) is 5.27. The monoisotopic (exact) mass is 395 g/mol. The molecule has 29 heavy (non-hydrogen) atoms. The highest BCUT2D eigenvalue weighted by Gasteiger charge is 2.21. The maximum absolute atomic E-state index is 12.8. The number of carbonyl (C=O) groups excluding carboxylic acids is 2. The van der Waals surface area contributed by atoms with Crippen LogP contribution >= 0.6 is 0 Å². The maximum atomic E-state index is 12.8. The van der Waals surface area contributed by atoms with Gasteiger partial charge in [0, 0.05) is 24.5 Å². The van der Waals surface area contributed by atoms with Gasteiger partial charge >= 0.3 is 0 Å². The molecule has 0 saturated carbocycles. The minimum atomic E-state index is -0.157. The lowest BCUT2D eigenvalue weighted by molar-refractivity contribution is -0.114. The SMILES string of the molecule is CCC(C)c1ccc(NC(=O)CNc2ccccc2C(=O)N2CCOCC2)cc1. The first-order chi connectivity index (χ1) is 14.1. The zero-order valence-corrected chi connectivity index (χ0v) is 17.1. The van der Waals surface area contributed by atoms with Gasteiger partial charge in [-0.25, -0.2) is 0 Å². The van der Waals surface area contributed by atoms with E-state index in [0.29, 0.717) is 43.5 Å². The summed E-state index contributed by atoms with van der Waals surface area (Å²) in [5.41, 5.74) is 3.26. The Labute approximate surface area is 172 Å². The molecule has 154 valence electrons. The molecule has 2 aromatic carbocycles. The van der Waals surface area contributed by atoms with E-state index in [0.717, 1.165) is 12.1 Å². The van der Waals surface area contributed by atoms with Crippen molar-refractivity contribution >= 4 is 23.2 Å². The molecule has 0 aromatic heterocycles. The molecule has 0 bridgehead atoms. The first kappa shape index (κ1) is 20.9. The summed E-state index contributed by atoms with van der Waals surface area (Å²) in [4.78, 5) is 26.9. The standard InChI is InChI=1S/C23H29N3O3/c1-3-17(2)18-8-10-19(11-9-18)25-22(27)16-24-21-7-5-4-6-20(21)23(28)26-12-14-29-15-13-26/h4-11,17,24H,3,12-16H2,1-2H3,(H,25,27). The van der Waals surface area contributed by atoms with Crippen LogP contribution in [0.2, 0.25) is 0 Å². The van der Waals surface area contributed by atoms with Crippen molar-refractivity contribution in [2.24, 2.45) is 0 Å². The Bertz CT molecular complexity index is 830. The Balaban J connectivity index is 1.58. The van der Waals surface area contributed by atoms with Gasteiger partial charge in [0.15, 0.2) is 0 Å². The van der Waals surface area contributed by atoms with Crippen LogP contribution in [0.5, 0.6) is 0 Å². The third kappa shape index (κ3) is 5.57. The number of anilines is 2. The summed E-state index contributed by atoms with van der Waals surface area (Å²) in [6.07, 6.45) is 1.08. The number of nitrogens with one attached hydrogen (secondary N) is 2. The molecule has 1 aliphatic heterocycles. The van der Waals surface area contributed by atoms with Gasteiger partial charge in [0.25, 0.3) is 5.91 Å². The van der Waals surface area contributed by atoms with E-state index < -0.39 is 0 Å². The Morgan fingerprint density at radius 1 is 1.07 bits per heavy atom. The largest absolute Gasteiger partial charge is 0.378 e. The lowest BCUT2D eigenvalue weighted by Gasteiger charge is -2.27. The molecule has 6 nitrogen and oxygen atoms in total. The quantitative estimate of drug-likeness (QED) is 0.750. The molecule has 1 atom stereocenters. The summed E-state index contributed by atoms with van der Waals surface area (Å²) in [6.45, 7) is 6.71. The van der Waals surface area contributed by atoms with E-state index >= 15 is 0 Å². The van der Waals surface area contributed by atoms with Crippen molar-refractivity contribution in [3.8, 4) is 0 Å². The molecule has 1 saturated heterocycles. The zero-order valence-electron chi connectivity index (χ0n) is 17.1. The highest BCUT2D eigenvalue weighted by atomic mass is 16.5. The first-order valence-corrected chi connectivity index (χ1v) is 10.2. The van der Waals surface area contributed by atoms with Gasteiger partial charge in [-0.1, -0.05) is 38.1 Å². The second kappa shape index (κ2) is 10.1. The number of nitrogens with zero attached hydrogens (tertiary/aromatic N) is 1. The number of amides is 2. The van der Waals surface area contributed by atoms with Crippen molar-refractivity contribution < 1.29 is 14.3 Å². The van der Waals surface area contributed by atoms with E-state index in [9.17, 15) is 9.59 Å². The Hall–Kier alpha value is -2.86. The summed E-state index contributed by atoms with van der Waals surface area (Å²) in [5.74, 6) is 0.300. The second-order valence-electron chi connectivity index (χ2n) is 7.28. The molecule has 6 heteroatoms. The number of rotatable bonds is 7. The van der Waals surface area contributed by atoms with Gasteiger partial charge in [0.1, 0.15) is 0 Å². The molecule has 1 unspecified atom stereocenters. The fourth-order valence-corrected chi connectivity index (χ4v) is 3.27. The predicted molar refractivity (Wildman–Crippen MR) is 115 cm³/mol. The molecule has 2 N–H and O–H groups in total. The van der Waals surface area contributed by atoms with Crippen molar-refractivity contribution in [3.63, 3.8) is 0 Å². The number of hydrogen-bond donors (Lipinski definition) is 2. The van der Waals surface area contributed by atoms with Gasteiger partial charge in [-0.15, -0.1) is 0 Å². The smallest absolute Gasteiger partial charge is 0.256 e. The normalized spacial score (nSPS) is 14.9. The zero-order chi connectivity index (χ0) is 20.6. The summed E-state index contributed by atoms with van der Waals surface area (Å²) in [5, 5.41) is 6.00. The number of carbonyl (C=O) groups is 2. The first-order valence-electron chi connectivity index (χ1n) is 10.2. The number of benzene rings is 2. The molecule has 0 radical (unpaired) electrons. The van der Waals surface area contributed by atoms with E-state index in [2.05, 4.69) is 24.5 Å². The average molecular weight is 396 g/mol. The van der Waals surface area contributed by atoms with Crippen LogP contribution in [0.4, 0.5) is 11.4 Å². The van der Waals surface area contributed by atoms with Crippen LogP contribution in [-0.2, 0) is 9.53 Å². The van der Waals surface area contributed by atoms with E-state index in [-0.39, 0.29) is 18.4 Å². The maximum Gasteiger partial charge on any atom is 0.256 e. The van der Waals surface area contributed by atoms with Gasteiger partial charge in [-0.3, -0.25) is 9.59 Å². The number of morpholine rings is 1. The third-order valence-electron chi connectivity index (χ3n) is 5.27. The van der Waals surface area contributed by atoms with Crippen LogP contribution in [0.25, 0.3) is 0 Å². The summed E-state index contributed by atoms with van der Waals surface area (Å²) in [7, 11) is 0. The van der Waals surface area contributed by atoms with E-state index in [4.69, 9.17) is 4.74 Å². The molecule has 0 spiro atoms. The van der Waals surface area contributed by atoms with Crippen molar-refractivity contribution in [3.05, 3.63) is 59.7 Å². The van der Waals surface area contributed by atoms with Gasteiger partial charge in [0.2, 0.25) is 5.91 Å². The summed E-state index contributed by atoms with van der Waals surface area (Å²) < 4.78 is 5.32. The molecular weight excluding hydrogens is 366 g/mol. The molecule has 1 fully saturated rings. The lowest BCUT2D eigenvalue weighted by Crippen LogP contribution is -2.41. The van der Waals surface area contributed by atoms with Gasteiger partial charge in [-0.05, 0) is 42.2 Å². The molecule has 2 amide bonds.